The van der Waals surface area contributed by atoms with Gasteiger partial charge in [0.25, 0.3) is 0 Å². The molecular weight excluding hydrogens is 244 g/mol. The van der Waals surface area contributed by atoms with Crippen molar-refractivity contribution in [2.45, 2.75) is 13.8 Å². The van der Waals surface area contributed by atoms with Crippen LogP contribution in [0.3, 0.4) is 0 Å². The molecule has 0 aliphatic carbocycles. The quantitative estimate of drug-likeness (QED) is 0.823. The van der Waals surface area contributed by atoms with Gasteiger partial charge in [-0.3, -0.25) is 0 Å². The lowest BCUT2D eigenvalue weighted by Gasteiger charge is -2.01. The molecular formula is C11H11BrO2. The fourth-order valence-electron chi connectivity index (χ4n) is 1.10. The Morgan fingerprint density at radius 2 is 2.14 bits per heavy atom. The molecule has 0 spiro atoms. The van der Waals surface area contributed by atoms with Gasteiger partial charge in [-0.15, -0.1) is 0 Å². The number of carboxylic acid groups (broad SMARTS) is 1. The molecule has 3 heteroatoms. The molecule has 0 fully saturated rings. The second-order valence-electron chi connectivity index (χ2n) is 3.13. The minimum Gasteiger partial charge on any atom is -0.478 e. The van der Waals surface area contributed by atoms with E-state index in [9.17, 15) is 4.79 Å². The molecule has 0 atom stereocenters. The number of carboxylic acids is 1. The summed E-state index contributed by atoms with van der Waals surface area (Å²) in [7, 11) is 0. The summed E-state index contributed by atoms with van der Waals surface area (Å²) in [6, 6.07) is 5.75. The van der Waals surface area contributed by atoms with Crippen molar-refractivity contribution in [3.8, 4) is 0 Å². The summed E-state index contributed by atoms with van der Waals surface area (Å²) in [6.45, 7) is 3.54. The molecule has 14 heavy (non-hydrogen) atoms. The zero-order chi connectivity index (χ0) is 10.7. The second-order valence-corrected chi connectivity index (χ2v) is 4.05. The lowest BCUT2D eigenvalue weighted by atomic mass is 10.1. The van der Waals surface area contributed by atoms with E-state index in [1.54, 1.807) is 13.0 Å². The first kappa shape index (κ1) is 11.0. The summed E-state index contributed by atoms with van der Waals surface area (Å²) in [5.74, 6) is -0.882. The van der Waals surface area contributed by atoms with E-state index in [0.717, 1.165) is 15.6 Å². The van der Waals surface area contributed by atoms with Gasteiger partial charge in [-0.2, -0.15) is 0 Å². The first-order valence-corrected chi connectivity index (χ1v) is 4.98. The van der Waals surface area contributed by atoms with E-state index in [4.69, 9.17) is 5.11 Å². The van der Waals surface area contributed by atoms with E-state index in [0.29, 0.717) is 5.57 Å². The van der Waals surface area contributed by atoms with Gasteiger partial charge in [0.15, 0.2) is 0 Å². The average Bonchev–Trinajstić information content (AvgIpc) is 2.09. The molecule has 0 aliphatic heterocycles. The van der Waals surface area contributed by atoms with Crippen LogP contribution in [0.2, 0.25) is 0 Å². The lowest BCUT2D eigenvalue weighted by Crippen LogP contribution is -1.95. The van der Waals surface area contributed by atoms with Crippen LogP contribution >= 0.6 is 15.9 Å². The van der Waals surface area contributed by atoms with Crippen LogP contribution in [0.5, 0.6) is 0 Å². The number of benzene rings is 1. The van der Waals surface area contributed by atoms with Gasteiger partial charge in [0, 0.05) is 10.0 Å². The van der Waals surface area contributed by atoms with Gasteiger partial charge in [0.2, 0.25) is 0 Å². The van der Waals surface area contributed by atoms with Gasteiger partial charge in [-0.05, 0) is 43.2 Å². The molecule has 1 aromatic rings. The number of aryl methyl sites for hydroxylation is 1. The molecule has 0 aromatic heterocycles. The molecule has 0 amide bonds. The van der Waals surface area contributed by atoms with Crippen LogP contribution in [-0.2, 0) is 4.79 Å². The van der Waals surface area contributed by atoms with Crippen LogP contribution < -0.4 is 0 Å². The predicted octanol–water partition coefficient (Wildman–Crippen LogP) is 3.25. The van der Waals surface area contributed by atoms with Crippen LogP contribution in [-0.4, -0.2) is 11.1 Å². The molecule has 0 saturated heterocycles. The van der Waals surface area contributed by atoms with Crippen LogP contribution in [0.4, 0.5) is 0 Å². The maximum absolute atomic E-state index is 10.6. The Bertz CT molecular complexity index is 394. The standard InChI is InChI=1S/C11H11BrO2/c1-7-6-10(12)4-3-9(7)5-8(2)11(13)14/h3-6H,1-2H3,(H,13,14)/b8-5-. The Labute approximate surface area is 91.4 Å². The first-order valence-electron chi connectivity index (χ1n) is 4.18. The maximum atomic E-state index is 10.6. The molecule has 0 heterocycles. The Morgan fingerprint density at radius 3 is 2.64 bits per heavy atom. The number of aliphatic carboxylic acids is 1. The predicted molar refractivity (Wildman–Crippen MR) is 60.2 cm³/mol. The number of rotatable bonds is 2. The molecule has 2 nitrogen and oxygen atoms in total. The zero-order valence-corrected chi connectivity index (χ0v) is 9.63. The van der Waals surface area contributed by atoms with Crippen LogP contribution in [0.15, 0.2) is 28.2 Å². The fraction of sp³-hybridized carbons (Fsp3) is 0.182. The summed E-state index contributed by atoms with van der Waals surface area (Å²) in [5, 5.41) is 8.71. The highest BCUT2D eigenvalue weighted by atomic mass is 79.9. The number of halogens is 1. The van der Waals surface area contributed by atoms with Gasteiger partial charge >= 0.3 is 5.97 Å². The monoisotopic (exact) mass is 254 g/mol. The minimum atomic E-state index is -0.882. The van der Waals surface area contributed by atoms with Gasteiger partial charge in [-0.25, -0.2) is 4.79 Å². The number of carbonyl (C=O) groups is 1. The summed E-state index contributed by atoms with van der Waals surface area (Å²) >= 11 is 3.35. The van der Waals surface area contributed by atoms with Crippen molar-refractivity contribution in [3.05, 3.63) is 39.4 Å². The highest BCUT2D eigenvalue weighted by Crippen LogP contribution is 2.18. The molecule has 0 saturated carbocycles. The normalized spacial score (nSPS) is 11.5. The Morgan fingerprint density at radius 1 is 1.50 bits per heavy atom. The summed E-state index contributed by atoms with van der Waals surface area (Å²) in [4.78, 5) is 10.6. The molecule has 1 rings (SSSR count). The van der Waals surface area contributed by atoms with Crippen molar-refractivity contribution in [1.29, 1.82) is 0 Å². The third-order valence-electron chi connectivity index (χ3n) is 1.94. The Kier molecular flexibility index (Phi) is 3.47. The largest absolute Gasteiger partial charge is 0.478 e. The fourth-order valence-corrected chi connectivity index (χ4v) is 1.57. The van der Waals surface area contributed by atoms with Gasteiger partial charge < -0.3 is 5.11 Å². The first-order chi connectivity index (χ1) is 6.50. The molecule has 0 aliphatic rings. The van der Waals surface area contributed by atoms with Crippen molar-refractivity contribution in [2.75, 3.05) is 0 Å². The van der Waals surface area contributed by atoms with Crippen LogP contribution in [0, 0.1) is 6.92 Å². The van der Waals surface area contributed by atoms with Crippen molar-refractivity contribution in [1.82, 2.24) is 0 Å². The zero-order valence-electron chi connectivity index (χ0n) is 8.04. The molecule has 0 radical (unpaired) electrons. The Balaban J connectivity index is 3.09. The van der Waals surface area contributed by atoms with Crippen LogP contribution in [0.25, 0.3) is 6.08 Å². The SMILES string of the molecule is C/C(=C/c1ccc(Br)cc1C)C(=O)O. The molecule has 74 valence electrons. The maximum Gasteiger partial charge on any atom is 0.331 e. The number of hydrogen-bond acceptors (Lipinski definition) is 1. The topological polar surface area (TPSA) is 37.3 Å². The van der Waals surface area contributed by atoms with E-state index in [-0.39, 0.29) is 0 Å². The van der Waals surface area contributed by atoms with Gasteiger partial charge in [-0.1, -0.05) is 22.0 Å². The number of hydrogen-bond donors (Lipinski definition) is 1. The molecule has 1 N–H and O–H groups in total. The summed E-state index contributed by atoms with van der Waals surface area (Å²) < 4.78 is 1.00. The molecule has 0 bridgehead atoms. The van der Waals surface area contributed by atoms with E-state index in [1.807, 2.05) is 25.1 Å². The Hall–Kier alpha value is -1.09. The van der Waals surface area contributed by atoms with E-state index >= 15 is 0 Å². The van der Waals surface area contributed by atoms with Crippen molar-refractivity contribution in [3.63, 3.8) is 0 Å². The summed E-state index contributed by atoms with van der Waals surface area (Å²) in [5.41, 5.74) is 2.34. The molecule has 1 aromatic carbocycles. The molecule has 0 unspecified atom stereocenters. The van der Waals surface area contributed by atoms with Crippen LogP contribution in [0.1, 0.15) is 18.1 Å². The van der Waals surface area contributed by atoms with Crippen molar-refractivity contribution >= 4 is 28.0 Å². The van der Waals surface area contributed by atoms with Crippen molar-refractivity contribution < 1.29 is 9.90 Å². The summed E-state index contributed by atoms with van der Waals surface area (Å²) in [6.07, 6.45) is 1.67. The highest BCUT2D eigenvalue weighted by molar-refractivity contribution is 9.10. The van der Waals surface area contributed by atoms with E-state index < -0.39 is 5.97 Å². The van der Waals surface area contributed by atoms with E-state index in [2.05, 4.69) is 15.9 Å². The minimum absolute atomic E-state index is 0.343. The average molecular weight is 255 g/mol. The van der Waals surface area contributed by atoms with Crippen molar-refractivity contribution in [2.24, 2.45) is 0 Å². The third-order valence-corrected chi connectivity index (χ3v) is 2.43. The second kappa shape index (κ2) is 4.42. The smallest absolute Gasteiger partial charge is 0.331 e. The van der Waals surface area contributed by atoms with E-state index in [1.165, 1.54) is 0 Å². The highest BCUT2D eigenvalue weighted by Gasteiger charge is 2.01. The van der Waals surface area contributed by atoms with Gasteiger partial charge in [0.1, 0.15) is 0 Å². The van der Waals surface area contributed by atoms with Gasteiger partial charge in [0.05, 0.1) is 0 Å². The lowest BCUT2D eigenvalue weighted by molar-refractivity contribution is -0.132. The third kappa shape index (κ3) is 2.70.